The molecule has 0 amide bonds. The fraction of sp³-hybridized carbons (Fsp3) is 0.308. The number of fused-ring (bicyclic) bond motifs is 1. The Hall–Kier alpha value is -2.28. The number of imidazole rings is 1. The summed E-state index contributed by atoms with van der Waals surface area (Å²) in [7, 11) is 0. The van der Waals surface area contributed by atoms with Crippen molar-refractivity contribution >= 4 is 28.6 Å². The molecule has 21 heavy (non-hydrogen) atoms. The third kappa shape index (κ3) is 3.08. The summed E-state index contributed by atoms with van der Waals surface area (Å²) in [5, 5.41) is 3.26. The Labute approximate surface area is 125 Å². The van der Waals surface area contributed by atoms with Crippen LogP contribution in [0.3, 0.4) is 0 Å². The van der Waals surface area contributed by atoms with Gasteiger partial charge in [0, 0.05) is 0 Å². The van der Waals surface area contributed by atoms with Gasteiger partial charge in [-0.05, 0) is 37.6 Å². The van der Waals surface area contributed by atoms with Crippen molar-refractivity contribution in [2.75, 3.05) is 5.32 Å². The molecule has 3 aromatic heterocycles. The van der Waals surface area contributed by atoms with Crippen LogP contribution in [-0.4, -0.2) is 26.0 Å². The largest absolute Gasteiger partial charge is 0.467 e. The van der Waals surface area contributed by atoms with Crippen LogP contribution in [0.25, 0.3) is 11.2 Å². The molecule has 0 aromatic carbocycles. The summed E-state index contributed by atoms with van der Waals surface area (Å²) < 4.78 is 10.8. The van der Waals surface area contributed by atoms with E-state index in [2.05, 4.69) is 25.3 Å². The van der Waals surface area contributed by atoms with Crippen LogP contribution in [0.4, 0.5) is 5.82 Å². The zero-order chi connectivity index (χ0) is 14.8. The van der Waals surface area contributed by atoms with E-state index in [1.54, 1.807) is 6.26 Å². The van der Waals surface area contributed by atoms with Crippen LogP contribution >= 0.6 is 11.6 Å². The maximum absolute atomic E-state index is 5.93. The fourth-order valence-electron chi connectivity index (χ4n) is 1.84. The summed E-state index contributed by atoms with van der Waals surface area (Å²) in [4.78, 5) is 15.6. The number of ether oxygens (including phenoxy) is 1. The first-order valence-corrected chi connectivity index (χ1v) is 6.86. The van der Waals surface area contributed by atoms with Gasteiger partial charge in [-0.2, -0.15) is 15.0 Å². The topological polar surface area (TPSA) is 88.9 Å². The number of halogens is 1. The maximum Gasteiger partial charge on any atom is 0.296 e. The quantitative estimate of drug-likeness (QED) is 0.704. The monoisotopic (exact) mass is 307 g/mol. The van der Waals surface area contributed by atoms with Gasteiger partial charge in [0.05, 0.1) is 18.9 Å². The molecule has 3 rings (SSSR count). The molecule has 0 aliphatic heterocycles. The summed E-state index contributed by atoms with van der Waals surface area (Å²) in [6.45, 7) is 4.31. The Kier molecular flexibility index (Phi) is 3.66. The highest BCUT2D eigenvalue weighted by Crippen LogP contribution is 2.23. The molecule has 0 atom stereocenters. The van der Waals surface area contributed by atoms with Crippen LogP contribution in [0.5, 0.6) is 6.01 Å². The van der Waals surface area contributed by atoms with Crippen molar-refractivity contribution in [1.82, 2.24) is 19.9 Å². The first-order valence-electron chi connectivity index (χ1n) is 6.48. The minimum atomic E-state index is 0.00789. The van der Waals surface area contributed by atoms with Gasteiger partial charge in [-0.1, -0.05) is 0 Å². The average Bonchev–Trinajstić information content (AvgIpc) is 3.03. The molecular weight excluding hydrogens is 294 g/mol. The van der Waals surface area contributed by atoms with Crippen LogP contribution in [0, 0.1) is 0 Å². The van der Waals surface area contributed by atoms with Crippen molar-refractivity contribution in [3.8, 4) is 6.01 Å². The van der Waals surface area contributed by atoms with Gasteiger partial charge in [0.15, 0.2) is 17.0 Å². The van der Waals surface area contributed by atoms with Gasteiger partial charge in [-0.3, -0.25) is 4.98 Å². The zero-order valence-electron chi connectivity index (χ0n) is 11.6. The summed E-state index contributed by atoms with van der Waals surface area (Å²) >= 11 is 5.93. The van der Waals surface area contributed by atoms with Crippen LogP contribution in [0.2, 0.25) is 5.28 Å². The van der Waals surface area contributed by atoms with E-state index in [0.717, 1.165) is 5.76 Å². The van der Waals surface area contributed by atoms with E-state index in [1.807, 2.05) is 26.0 Å². The molecule has 0 unspecified atom stereocenters. The molecular formula is C13H14ClN5O2. The second kappa shape index (κ2) is 5.61. The van der Waals surface area contributed by atoms with E-state index in [1.165, 1.54) is 0 Å². The number of H-pyrrole nitrogens is 1. The lowest BCUT2D eigenvalue weighted by Gasteiger charge is -2.04. The molecule has 3 aromatic rings. The SMILES string of the molecule is CC(C)Oc1nc2c(NCc3ccco3)nc(Cl)nc2[nH]1. The fourth-order valence-corrected chi connectivity index (χ4v) is 2.01. The van der Waals surface area contributed by atoms with Gasteiger partial charge in [0.2, 0.25) is 5.28 Å². The number of furan rings is 1. The Balaban J connectivity index is 1.90. The molecule has 0 bridgehead atoms. The molecule has 0 spiro atoms. The van der Waals surface area contributed by atoms with E-state index < -0.39 is 0 Å². The Morgan fingerprint density at radius 2 is 2.24 bits per heavy atom. The number of anilines is 1. The van der Waals surface area contributed by atoms with Crippen molar-refractivity contribution < 1.29 is 9.15 Å². The highest BCUT2D eigenvalue weighted by Gasteiger charge is 2.14. The predicted octanol–water partition coefficient (Wildman–Crippen LogP) is 3.00. The smallest absolute Gasteiger partial charge is 0.296 e. The van der Waals surface area contributed by atoms with Crippen molar-refractivity contribution in [1.29, 1.82) is 0 Å². The van der Waals surface area contributed by atoms with Gasteiger partial charge in [-0.15, -0.1) is 0 Å². The molecule has 2 N–H and O–H groups in total. The molecule has 7 nitrogen and oxygen atoms in total. The van der Waals surface area contributed by atoms with Crippen LogP contribution in [0.15, 0.2) is 22.8 Å². The van der Waals surface area contributed by atoms with Crippen LogP contribution in [0.1, 0.15) is 19.6 Å². The highest BCUT2D eigenvalue weighted by atomic mass is 35.5. The third-order valence-electron chi connectivity index (χ3n) is 2.65. The van der Waals surface area contributed by atoms with E-state index in [4.69, 9.17) is 20.8 Å². The first kappa shape index (κ1) is 13.7. The molecule has 0 saturated heterocycles. The van der Waals surface area contributed by atoms with Crippen LogP contribution in [-0.2, 0) is 6.54 Å². The minimum Gasteiger partial charge on any atom is -0.467 e. The predicted molar refractivity (Wildman–Crippen MR) is 78.5 cm³/mol. The van der Waals surface area contributed by atoms with Crippen molar-refractivity contribution in [2.24, 2.45) is 0 Å². The molecule has 3 heterocycles. The van der Waals surface area contributed by atoms with Gasteiger partial charge in [-0.25, -0.2) is 0 Å². The second-order valence-corrected chi connectivity index (χ2v) is 5.02. The standard InChI is InChI=1S/C13H14ClN5O2/c1-7(2)21-13-16-9-10(15-6-8-4-3-5-20-8)17-12(14)18-11(9)19-13/h3-5,7H,6H2,1-2H3,(H2,15,16,17,18,19). The Morgan fingerprint density at radius 1 is 1.38 bits per heavy atom. The van der Waals surface area contributed by atoms with Crippen molar-refractivity contribution in [2.45, 2.75) is 26.5 Å². The van der Waals surface area contributed by atoms with Gasteiger partial charge in [0.1, 0.15) is 5.76 Å². The average molecular weight is 308 g/mol. The zero-order valence-corrected chi connectivity index (χ0v) is 12.3. The van der Waals surface area contributed by atoms with E-state index in [9.17, 15) is 0 Å². The minimum absolute atomic E-state index is 0.00789. The summed E-state index contributed by atoms with van der Waals surface area (Å²) in [5.41, 5.74) is 1.09. The molecule has 0 fully saturated rings. The van der Waals surface area contributed by atoms with E-state index in [0.29, 0.717) is 29.5 Å². The number of hydrogen-bond acceptors (Lipinski definition) is 6. The molecule has 0 aliphatic carbocycles. The molecule has 0 saturated carbocycles. The molecule has 0 aliphatic rings. The molecule has 8 heteroatoms. The third-order valence-corrected chi connectivity index (χ3v) is 2.82. The lowest BCUT2D eigenvalue weighted by molar-refractivity contribution is 0.225. The van der Waals surface area contributed by atoms with Crippen molar-refractivity contribution in [3.05, 3.63) is 29.4 Å². The number of aromatic amines is 1. The first-order chi connectivity index (χ1) is 10.1. The van der Waals surface area contributed by atoms with Gasteiger partial charge in [0.25, 0.3) is 6.01 Å². The molecule has 0 radical (unpaired) electrons. The van der Waals surface area contributed by atoms with Crippen LogP contribution < -0.4 is 10.1 Å². The van der Waals surface area contributed by atoms with E-state index >= 15 is 0 Å². The van der Waals surface area contributed by atoms with Gasteiger partial charge < -0.3 is 14.5 Å². The second-order valence-electron chi connectivity index (χ2n) is 4.68. The van der Waals surface area contributed by atoms with E-state index in [-0.39, 0.29) is 11.4 Å². The number of aromatic nitrogens is 4. The Bertz CT molecular complexity index is 738. The van der Waals surface area contributed by atoms with Crippen molar-refractivity contribution in [3.63, 3.8) is 0 Å². The lowest BCUT2D eigenvalue weighted by Crippen LogP contribution is -2.06. The number of nitrogens with one attached hydrogen (secondary N) is 2. The molecule has 110 valence electrons. The lowest BCUT2D eigenvalue weighted by atomic mass is 10.4. The number of hydrogen-bond donors (Lipinski definition) is 2. The summed E-state index contributed by atoms with van der Waals surface area (Å²) in [6.07, 6.45) is 1.62. The number of nitrogens with zero attached hydrogens (tertiary/aromatic N) is 3. The number of rotatable bonds is 5. The normalized spacial score (nSPS) is 11.2. The highest BCUT2D eigenvalue weighted by molar-refractivity contribution is 6.28. The van der Waals surface area contributed by atoms with Gasteiger partial charge >= 0.3 is 0 Å². The maximum atomic E-state index is 5.93. The summed E-state index contributed by atoms with van der Waals surface area (Å²) in [6, 6.07) is 4.07. The Morgan fingerprint density at radius 3 is 2.95 bits per heavy atom. The summed E-state index contributed by atoms with van der Waals surface area (Å²) in [5.74, 6) is 1.31.